The smallest absolute Gasteiger partial charge is 0.255 e. The fraction of sp³-hybridized carbons (Fsp3) is 0.188. The Kier molecular flexibility index (Phi) is 4.52. The quantitative estimate of drug-likeness (QED) is 0.900. The van der Waals surface area contributed by atoms with Gasteiger partial charge in [0.05, 0.1) is 11.6 Å². The van der Waals surface area contributed by atoms with E-state index in [9.17, 15) is 4.79 Å². The topological polar surface area (TPSA) is 91.8 Å². The maximum absolute atomic E-state index is 12.2. The zero-order valence-corrected chi connectivity index (χ0v) is 11.8. The second kappa shape index (κ2) is 6.53. The Morgan fingerprint density at radius 3 is 2.90 bits per heavy atom. The number of carbonyl (C=O) groups excluding carboxylic acids is 1. The molecular formula is C16H16N4O. The summed E-state index contributed by atoms with van der Waals surface area (Å²) in [7, 11) is 0. The van der Waals surface area contributed by atoms with Gasteiger partial charge in [0.1, 0.15) is 5.82 Å². The van der Waals surface area contributed by atoms with E-state index in [1.807, 2.05) is 13.0 Å². The second-order valence-electron chi connectivity index (χ2n) is 4.67. The van der Waals surface area contributed by atoms with E-state index < -0.39 is 0 Å². The van der Waals surface area contributed by atoms with Gasteiger partial charge in [0.15, 0.2) is 0 Å². The molecule has 1 heterocycles. The molecule has 0 aliphatic rings. The van der Waals surface area contributed by atoms with Gasteiger partial charge in [-0.05, 0) is 36.8 Å². The van der Waals surface area contributed by atoms with Gasteiger partial charge < -0.3 is 11.1 Å². The van der Waals surface area contributed by atoms with Crippen LogP contribution < -0.4 is 11.1 Å². The molecule has 1 amide bonds. The van der Waals surface area contributed by atoms with Crippen LogP contribution in [0.3, 0.4) is 0 Å². The Bertz CT molecular complexity index is 704. The fourth-order valence-corrected chi connectivity index (χ4v) is 2.00. The molecule has 0 radical (unpaired) electrons. The first-order valence-electron chi connectivity index (χ1n) is 6.70. The van der Waals surface area contributed by atoms with E-state index in [-0.39, 0.29) is 5.91 Å². The number of hydrogen-bond acceptors (Lipinski definition) is 4. The van der Waals surface area contributed by atoms with Crippen LogP contribution in [0.25, 0.3) is 0 Å². The largest absolute Gasteiger partial charge is 0.384 e. The average molecular weight is 280 g/mol. The van der Waals surface area contributed by atoms with Crippen molar-refractivity contribution < 1.29 is 4.79 Å². The van der Waals surface area contributed by atoms with Gasteiger partial charge >= 0.3 is 0 Å². The second-order valence-corrected chi connectivity index (χ2v) is 4.67. The molecule has 1 aromatic carbocycles. The van der Waals surface area contributed by atoms with Gasteiger partial charge in [-0.2, -0.15) is 5.26 Å². The molecule has 106 valence electrons. The zero-order chi connectivity index (χ0) is 15.2. The number of benzene rings is 1. The van der Waals surface area contributed by atoms with Crippen molar-refractivity contribution in [2.45, 2.75) is 19.8 Å². The molecular weight excluding hydrogens is 264 g/mol. The SMILES string of the molecule is CCCc1cc(C(=O)Nc2cccc(C#N)c2)cc(N)n1. The van der Waals surface area contributed by atoms with Crippen molar-refractivity contribution in [3.63, 3.8) is 0 Å². The van der Waals surface area contributed by atoms with Crippen LogP contribution in [0.2, 0.25) is 0 Å². The van der Waals surface area contributed by atoms with Crippen LogP contribution in [-0.4, -0.2) is 10.9 Å². The van der Waals surface area contributed by atoms with Crippen molar-refractivity contribution in [2.75, 3.05) is 11.1 Å². The maximum atomic E-state index is 12.2. The van der Waals surface area contributed by atoms with Crippen molar-refractivity contribution in [1.82, 2.24) is 4.98 Å². The molecule has 0 atom stereocenters. The third kappa shape index (κ3) is 3.80. The molecule has 0 aliphatic heterocycles. The Hall–Kier alpha value is -2.87. The monoisotopic (exact) mass is 280 g/mol. The summed E-state index contributed by atoms with van der Waals surface area (Å²) in [6, 6.07) is 12.1. The number of nitrogen functional groups attached to an aromatic ring is 1. The third-order valence-electron chi connectivity index (χ3n) is 2.92. The van der Waals surface area contributed by atoms with Crippen LogP contribution in [0, 0.1) is 11.3 Å². The average Bonchev–Trinajstić information content (AvgIpc) is 2.47. The molecule has 2 rings (SSSR count). The van der Waals surface area contributed by atoms with Crippen molar-refractivity contribution in [1.29, 1.82) is 5.26 Å². The van der Waals surface area contributed by atoms with E-state index in [1.54, 1.807) is 36.4 Å². The van der Waals surface area contributed by atoms with Crippen molar-refractivity contribution in [2.24, 2.45) is 0 Å². The van der Waals surface area contributed by atoms with Crippen LogP contribution in [0.4, 0.5) is 11.5 Å². The summed E-state index contributed by atoms with van der Waals surface area (Å²) >= 11 is 0. The van der Waals surface area contributed by atoms with Crippen molar-refractivity contribution >= 4 is 17.4 Å². The molecule has 2 aromatic rings. The van der Waals surface area contributed by atoms with Gasteiger partial charge in [0.2, 0.25) is 0 Å². The number of carbonyl (C=O) groups is 1. The molecule has 0 unspecified atom stereocenters. The molecule has 0 saturated heterocycles. The van der Waals surface area contributed by atoms with Crippen LogP contribution in [-0.2, 0) is 6.42 Å². The van der Waals surface area contributed by atoms with E-state index in [2.05, 4.69) is 10.3 Å². The lowest BCUT2D eigenvalue weighted by Crippen LogP contribution is -2.13. The van der Waals surface area contributed by atoms with Gasteiger partial charge in [-0.25, -0.2) is 4.98 Å². The summed E-state index contributed by atoms with van der Waals surface area (Å²) in [5.41, 5.74) is 8.07. The van der Waals surface area contributed by atoms with Crippen LogP contribution in [0.1, 0.15) is 35.0 Å². The lowest BCUT2D eigenvalue weighted by molar-refractivity contribution is 0.102. The molecule has 0 saturated carbocycles. The Morgan fingerprint density at radius 1 is 1.38 bits per heavy atom. The van der Waals surface area contributed by atoms with Crippen molar-refractivity contribution in [3.8, 4) is 6.07 Å². The summed E-state index contributed by atoms with van der Waals surface area (Å²) in [4.78, 5) is 16.4. The van der Waals surface area contributed by atoms with E-state index >= 15 is 0 Å². The Morgan fingerprint density at radius 2 is 2.19 bits per heavy atom. The van der Waals surface area contributed by atoms with Crippen LogP contribution >= 0.6 is 0 Å². The number of hydrogen-bond donors (Lipinski definition) is 2. The molecule has 3 N–H and O–H groups in total. The van der Waals surface area contributed by atoms with Crippen molar-refractivity contribution in [3.05, 3.63) is 53.2 Å². The number of aryl methyl sites for hydroxylation is 1. The number of aromatic nitrogens is 1. The number of nitrogens with one attached hydrogen (secondary N) is 1. The number of amides is 1. The summed E-state index contributed by atoms with van der Waals surface area (Å²) < 4.78 is 0. The molecule has 0 spiro atoms. The van der Waals surface area contributed by atoms with Gasteiger partial charge in [-0.1, -0.05) is 19.4 Å². The van der Waals surface area contributed by atoms with E-state index in [0.29, 0.717) is 22.6 Å². The molecule has 21 heavy (non-hydrogen) atoms. The fourth-order valence-electron chi connectivity index (χ4n) is 2.00. The highest BCUT2D eigenvalue weighted by atomic mass is 16.1. The summed E-state index contributed by atoms with van der Waals surface area (Å²) in [5.74, 6) is 0.0634. The van der Waals surface area contributed by atoms with Gasteiger partial charge in [0, 0.05) is 16.9 Å². The highest BCUT2D eigenvalue weighted by Crippen LogP contribution is 2.14. The third-order valence-corrected chi connectivity index (χ3v) is 2.92. The van der Waals surface area contributed by atoms with Gasteiger partial charge in [-0.15, -0.1) is 0 Å². The number of rotatable bonds is 4. The molecule has 5 nitrogen and oxygen atoms in total. The maximum Gasteiger partial charge on any atom is 0.255 e. The number of pyridine rings is 1. The summed E-state index contributed by atoms with van der Waals surface area (Å²) in [6.45, 7) is 2.04. The number of anilines is 2. The highest BCUT2D eigenvalue weighted by Gasteiger charge is 2.09. The molecule has 0 aliphatic carbocycles. The summed E-state index contributed by atoms with van der Waals surface area (Å²) in [5, 5.41) is 11.6. The molecule has 0 fully saturated rings. The first kappa shape index (κ1) is 14.5. The normalized spacial score (nSPS) is 9.90. The zero-order valence-electron chi connectivity index (χ0n) is 11.8. The number of nitriles is 1. The number of nitrogens with two attached hydrogens (primary N) is 1. The van der Waals surface area contributed by atoms with Gasteiger partial charge in [-0.3, -0.25) is 4.79 Å². The van der Waals surface area contributed by atoms with Gasteiger partial charge in [0.25, 0.3) is 5.91 Å². The Balaban J connectivity index is 2.22. The highest BCUT2D eigenvalue weighted by molar-refractivity contribution is 6.04. The first-order chi connectivity index (χ1) is 10.1. The van der Waals surface area contributed by atoms with E-state index in [4.69, 9.17) is 11.0 Å². The lowest BCUT2D eigenvalue weighted by atomic mass is 10.1. The molecule has 1 aromatic heterocycles. The predicted octanol–water partition coefficient (Wildman–Crippen LogP) is 2.74. The van der Waals surface area contributed by atoms with Crippen LogP contribution in [0.5, 0.6) is 0 Å². The van der Waals surface area contributed by atoms with Crippen LogP contribution in [0.15, 0.2) is 36.4 Å². The summed E-state index contributed by atoms with van der Waals surface area (Å²) in [6.07, 6.45) is 1.71. The standard InChI is InChI=1S/C16H16N4O/c1-2-4-13-8-12(9-15(18)19-13)16(21)20-14-6-3-5-11(7-14)10-17/h3,5-9H,2,4H2,1H3,(H2,18,19)(H,20,21). The Labute approximate surface area is 123 Å². The first-order valence-corrected chi connectivity index (χ1v) is 6.70. The molecule has 0 bridgehead atoms. The van der Waals surface area contributed by atoms with E-state index in [0.717, 1.165) is 18.5 Å². The van der Waals surface area contributed by atoms with E-state index in [1.165, 1.54) is 0 Å². The predicted molar refractivity (Wildman–Crippen MR) is 81.8 cm³/mol. The minimum absolute atomic E-state index is 0.267. The molecule has 5 heteroatoms. The lowest BCUT2D eigenvalue weighted by Gasteiger charge is -2.08. The number of nitrogens with zero attached hydrogens (tertiary/aromatic N) is 2. The minimum atomic E-state index is -0.267. The minimum Gasteiger partial charge on any atom is -0.384 e.